The zero-order valence-electron chi connectivity index (χ0n) is 16.9. The van der Waals surface area contributed by atoms with Gasteiger partial charge in [0.1, 0.15) is 5.75 Å². The van der Waals surface area contributed by atoms with Crippen molar-refractivity contribution < 1.29 is 9.47 Å². The number of likely N-dealkylation sites (N-methyl/N-ethyl adjacent to an activating group) is 2. The van der Waals surface area contributed by atoms with Crippen LogP contribution in [0.25, 0.3) is 11.3 Å². The van der Waals surface area contributed by atoms with Gasteiger partial charge >= 0.3 is 0 Å². The van der Waals surface area contributed by atoms with Gasteiger partial charge in [0.15, 0.2) is 0 Å². The fourth-order valence-corrected chi connectivity index (χ4v) is 3.46. The fourth-order valence-electron chi connectivity index (χ4n) is 3.46. The van der Waals surface area contributed by atoms with E-state index in [1.54, 1.807) is 0 Å². The van der Waals surface area contributed by atoms with Crippen molar-refractivity contribution in [2.45, 2.75) is 39.0 Å². The summed E-state index contributed by atoms with van der Waals surface area (Å²) in [4.78, 5) is 2.32. The summed E-state index contributed by atoms with van der Waals surface area (Å²) in [7, 11) is 4.13. The van der Waals surface area contributed by atoms with E-state index in [1.807, 2.05) is 39.2 Å². The summed E-state index contributed by atoms with van der Waals surface area (Å²) in [6.07, 6.45) is 3.20. The van der Waals surface area contributed by atoms with Crippen LogP contribution >= 0.6 is 0 Å². The molecule has 1 unspecified atom stereocenters. The molecule has 1 saturated heterocycles. The van der Waals surface area contributed by atoms with Crippen LogP contribution in [-0.4, -0.2) is 61.2 Å². The Morgan fingerprint density at radius 2 is 2.11 bits per heavy atom. The lowest BCUT2D eigenvalue weighted by Crippen LogP contribution is -2.27. The summed E-state index contributed by atoms with van der Waals surface area (Å²) in [5.74, 6) is 0.900. The third-order valence-corrected chi connectivity index (χ3v) is 4.81. The topological polar surface area (TPSA) is 51.6 Å². The number of aromatic nitrogens is 2. The van der Waals surface area contributed by atoms with Gasteiger partial charge in [-0.25, -0.2) is 0 Å². The van der Waals surface area contributed by atoms with E-state index in [1.165, 1.54) is 16.8 Å². The Morgan fingerprint density at radius 3 is 2.74 bits per heavy atom. The highest BCUT2D eigenvalue weighted by Gasteiger charge is 2.24. The molecule has 0 bridgehead atoms. The number of rotatable bonds is 9. The molecule has 1 atom stereocenters. The van der Waals surface area contributed by atoms with Crippen molar-refractivity contribution in [1.82, 2.24) is 20.0 Å². The third-order valence-electron chi connectivity index (χ3n) is 4.81. The summed E-state index contributed by atoms with van der Waals surface area (Å²) in [6, 6.07) is 8.68. The first kappa shape index (κ1) is 19.9. The fraction of sp³-hybridized carbons (Fsp3) is 0.571. The molecule has 0 amide bonds. The van der Waals surface area contributed by atoms with Crippen LogP contribution in [0.3, 0.4) is 0 Å². The Bertz CT molecular complexity index is 705. The maximum atomic E-state index is 5.80. The quantitative estimate of drug-likeness (QED) is 0.733. The van der Waals surface area contributed by atoms with Gasteiger partial charge in [-0.15, -0.1) is 0 Å². The molecule has 0 radical (unpaired) electrons. The highest BCUT2D eigenvalue weighted by molar-refractivity contribution is 5.64. The predicted molar refractivity (Wildman–Crippen MR) is 108 cm³/mol. The first-order valence-electron chi connectivity index (χ1n) is 9.83. The molecular formula is C21H32N4O2. The van der Waals surface area contributed by atoms with E-state index in [4.69, 9.17) is 14.6 Å². The normalized spacial score (nSPS) is 17.2. The Hall–Kier alpha value is -1.89. The lowest BCUT2D eigenvalue weighted by Gasteiger charge is -2.19. The highest BCUT2D eigenvalue weighted by atomic mass is 16.5. The van der Waals surface area contributed by atoms with Crippen LogP contribution in [0, 0.1) is 0 Å². The maximum Gasteiger partial charge on any atom is 0.119 e. The summed E-state index contributed by atoms with van der Waals surface area (Å²) in [5, 5.41) is 7.95. The Kier molecular flexibility index (Phi) is 6.88. The van der Waals surface area contributed by atoms with Crippen molar-refractivity contribution in [2.24, 2.45) is 0 Å². The number of nitrogens with zero attached hydrogens (tertiary/aromatic N) is 3. The zero-order valence-corrected chi connectivity index (χ0v) is 16.9. The molecule has 0 saturated carbocycles. The predicted octanol–water partition coefficient (Wildman–Crippen LogP) is 2.95. The van der Waals surface area contributed by atoms with E-state index >= 15 is 0 Å². The third kappa shape index (κ3) is 5.09. The van der Waals surface area contributed by atoms with Crippen LogP contribution in [-0.2, 0) is 11.3 Å². The molecule has 6 heteroatoms. The zero-order chi connectivity index (χ0) is 19.2. The van der Waals surface area contributed by atoms with Gasteiger partial charge in [-0.2, -0.15) is 5.10 Å². The van der Waals surface area contributed by atoms with E-state index in [9.17, 15) is 0 Å². The Balaban J connectivity index is 1.88. The summed E-state index contributed by atoms with van der Waals surface area (Å²) >= 11 is 0. The lowest BCUT2D eigenvalue weighted by molar-refractivity contribution is 0.185. The van der Waals surface area contributed by atoms with Gasteiger partial charge in [0.25, 0.3) is 0 Å². The Morgan fingerprint density at radius 1 is 1.33 bits per heavy atom. The van der Waals surface area contributed by atoms with Crippen LogP contribution in [0.15, 0.2) is 30.5 Å². The summed E-state index contributed by atoms with van der Waals surface area (Å²) in [5.41, 5.74) is 3.61. The second-order valence-corrected chi connectivity index (χ2v) is 7.51. The number of hydrogen-bond donors (Lipinski definition) is 1. The van der Waals surface area contributed by atoms with Gasteiger partial charge in [0, 0.05) is 37.4 Å². The second-order valence-electron chi connectivity index (χ2n) is 7.51. The second kappa shape index (κ2) is 9.35. The van der Waals surface area contributed by atoms with Gasteiger partial charge in [0.05, 0.1) is 30.6 Å². The van der Waals surface area contributed by atoms with Gasteiger partial charge in [-0.05, 0) is 58.6 Å². The van der Waals surface area contributed by atoms with E-state index in [0.717, 1.165) is 45.0 Å². The average Bonchev–Trinajstić information content (AvgIpc) is 3.30. The molecule has 2 aromatic rings. The van der Waals surface area contributed by atoms with Gasteiger partial charge in [-0.1, -0.05) is 0 Å². The monoisotopic (exact) mass is 372 g/mol. The van der Waals surface area contributed by atoms with Crippen molar-refractivity contribution in [3.63, 3.8) is 0 Å². The van der Waals surface area contributed by atoms with Crippen LogP contribution in [0.2, 0.25) is 0 Å². The van der Waals surface area contributed by atoms with Crippen molar-refractivity contribution in [3.05, 3.63) is 36.0 Å². The molecule has 1 fully saturated rings. The molecule has 0 spiro atoms. The van der Waals surface area contributed by atoms with Gasteiger partial charge in [-0.3, -0.25) is 4.68 Å². The summed E-state index contributed by atoms with van der Waals surface area (Å²) < 4.78 is 13.6. The first-order valence-corrected chi connectivity index (χ1v) is 9.83. The minimum absolute atomic E-state index is 0.174. The molecule has 1 N–H and O–H groups in total. The molecule has 1 aliphatic heterocycles. The lowest BCUT2D eigenvalue weighted by atomic mass is 10.1. The maximum absolute atomic E-state index is 5.80. The molecule has 27 heavy (non-hydrogen) atoms. The largest absolute Gasteiger partial charge is 0.491 e. The van der Waals surface area contributed by atoms with Crippen molar-refractivity contribution in [3.8, 4) is 17.0 Å². The average molecular weight is 373 g/mol. The number of nitrogens with one attached hydrogen (secondary N) is 1. The molecule has 1 aromatic heterocycles. The van der Waals surface area contributed by atoms with Crippen LogP contribution in [0.5, 0.6) is 5.75 Å². The van der Waals surface area contributed by atoms with Crippen LogP contribution in [0.1, 0.15) is 31.9 Å². The molecule has 1 aromatic carbocycles. The standard InChI is InChI=1S/C21H32N4O2/c1-16(2)27-20-7-5-17(6-8-20)21-18(14-24(4)11-10-22-3)13-23-25(21)19-9-12-26-15-19/h5-8,13,16,19,22H,9-12,14-15H2,1-4H3. The minimum atomic E-state index is 0.174. The molecule has 148 valence electrons. The van der Waals surface area contributed by atoms with Gasteiger partial charge in [0.2, 0.25) is 0 Å². The van der Waals surface area contributed by atoms with Crippen molar-refractivity contribution >= 4 is 0 Å². The van der Waals surface area contributed by atoms with Crippen LogP contribution in [0.4, 0.5) is 0 Å². The molecule has 3 rings (SSSR count). The first-order chi connectivity index (χ1) is 13.1. The SMILES string of the molecule is CNCCN(C)Cc1cnn(C2CCOC2)c1-c1ccc(OC(C)C)cc1. The number of ether oxygens (including phenoxy) is 2. The molecular weight excluding hydrogens is 340 g/mol. The number of benzene rings is 1. The van der Waals surface area contributed by atoms with Crippen LogP contribution < -0.4 is 10.1 Å². The minimum Gasteiger partial charge on any atom is -0.491 e. The van der Waals surface area contributed by atoms with E-state index < -0.39 is 0 Å². The van der Waals surface area contributed by atoms with Crippen molar-refractivity contribution in [2.75, 3.05) is 40.4 Å². The van der Waals surface area contributed by atoms with E-state index in [-0.39, 0.29) is 6.10 Å². The molecule has 0 aliphatic carbocycles. The smallest absolute Gasteiger partial charge is 0.119 e. The molecule has 6 nitrogen and oxygen atoms in total. The molecule has 2 heterocycles. The number of hydrogen-bond acceptors (Lipinski definition) is 5. The Labute approximate surface area is 162 Å². The summed E-state index contributed by atoms with van der Waals surface area (Å²) in [6.45, 7) is 8.46. The highest BCUT2D eigenvalue weighted by Crippen LogP contribution is 2.31. The van der Waals surface area contributed by atoms with E-state index in [2.05, 4.69) is 34.1 Å². The molecule has 1 aliphatic rings. The van der Waals surface area contributed by atoms with Crippen molar-refractivity contribution in [1.29, 1.82) is 0 Å². The van der Waals surface area contributed by atoms with Gasteiger partial charge < -0.3 is 19.7 Å². The van der Waals surface area contributed by atoms with E-state index in [0.29, 0.717) is 6.04 Å².